The van der Waals surface area contributed by atoms with Crippen molar-refractivity contribution in [3.05, 3.63) is 11.8 Å². The van der Waals surface area contributed by atoms with E-state index in [1.807, 2.05) is 13.0 Å². The van der Waals surface area contributed by atoms with Crippen molar-refractivity contribution in [2.24, 2.45) is 5.92 Å². The van der Waals surface area contributed by atoms with Gasteiger partial charge in [-0.3, -0.25) is 0 Å². The molecule has 1 aliphatic rings. The van der Waals surface area contributed by atoms with Crippen molar-refractivity contribution in [1.29, 1.82) is 0 Å². The van der Waals surface area contributed by atoms with Gasteiger partial charge in [-0.25, -0.2) is 4.98 Å². The normalized spacial score (nSPS) is 16.2. The van der Waals surface area contributed by atoms with Gasteiger partial charge >= 0.3 is 0 Å². The molecule has 1 atom stereocenters. The van der Waals surface area contributed by atoms with Gasteiger partial charge in [0.05, 0.1) is 0 Å². The van der Waals surface area contributed by atoms with Crippen molar-refractivity contribution in [3.8, 4) is 0 Å². The molecule has 106 valence electrons. The minimum atomic E-state index is 0.542. The molecule has 0 aliphatic heterocycles. The SMILES string of the molecule is CCCNc1nc(C)cc(NC(CC)CC2CC2)n1. The van der Waals surface area contributed by atoms with Crippen LogP contribution in [0.1, 0.15) is 51.6 Å². The van der Waals surface area contributed by atoms with Crippen molar-refractivity contribution in [3.63, 3.8) is 0 Å². The van der Waals surface area contributed by atoms with Crippen LogP contribution in [0.4, 0.5) is 11.8 Å². The highest BCUT2D eigenvalue weighted by Gasteiger charge is 2.24. The summed E-state index contributed by atoms with van der Waals surface area (Å²) in [6, 6.07) is 2.58. The quantitative estimate of drug-likeness (QED) is 0.751. The molecule has 1 saturated carbocycles. The first-order valence-electron chi connectivity index (χ1n) is 7.57. The smallest absolute Gasteiger partial charge is 0.224 e. The fourth-order valence-corrected chi connectivity index (χ4v) is 2.25. The Bertz CT molecular complexity index is 401. The second kappa shape index (κ2) is 6.73. The molecule has 0 saturated heterocycles. The van der Waals surface area contributed by atoms with Gasteiger partial charge < -0.3 is 10.6 Å². The standard InChI is InChI=1S/C15H26N4/c1-4-8-16-15-17-11(3)9-14(19-15)18-13(5-2)10-12-6-7-12/h9,12-13H,4-8,10H2,1-3H3,(H2,16,17,18,19). The van der Waals surface area contributed by atoms with E-state index in [2.05, 4.69) is 34.4 Å². The van der Waals surface area contributed by atoms with Crippen molar-refractivity contribution in [1.82, 2.24) is 9.97 Å². The van der Waals surface area contributed by atoms with E-state index in [9.17, 15) is 0 Å². The highest BCUT2D eigenvalue weighted by Crippen LogP contribution is 2.34. The summed E-state index contributed by atoms with van der Waals surface area (Å²) in [5.74, 6) is 2.64. The maximum Gasteiger partial charge on any atom is 0.224 e. The molecule has 19 heavy (non-hydrogen) atoms. The second-order valence-corrected chi connectivity index (χ2v) is 5.57. The Labute approximate surface area is 116 Å². The number of anilines is 2. The number of nitrogens with zero attached hydrogens (tertiary/aromatic N) is 2. The minimum Gasteiger partial charge on any atom is -0.367 e. The molecule has 4 heteroatoms. The molecule has 2 N–H and O–H groups in total. The maximum atomic E-state index is 4.55. The third kappa shape index (κ3) is 4.69. The molecule has 1 fully saturated rings. The summed E-state index contributed by atoms with van der Waals surface area (Å²) in [5, 5.41) is 6.82. The highest BCUT2D eigenvalue weighted by atomic mass is 15.1. The first kappa shape index (κ1) is 14.1. The first-order chi connectivity index (χ1) is 9.21. The minimum absolute atomic E-state index is 0.542. The lowest BCUT2D eigenvalue weighted by Gasteiger charge is -2.18. The summed E-state index contributed by atoms with van der Waals surface area (Å²) in [5.41, 5.74) is 1.01. The van der Waals surface area contributed by atoms with E-state index in [0.717, 1.165) is 42.8 Å². The van der Waals surface area contributed by atoms with Crippen molar-refractivity contribution in [2.45, 2.75) is 58.9 Å². The van der Waals surface area contributed by atoms with Crippen LogP contribution in [-0.4, -0.2) is 22.6 Å². The molecule has 2 rings (SSSR count). The number of nitrogens with one attached hydrogen (secondary N) is 2. The van der Waals surface area contributed by atoms with Crippen LogP contribution in [-0.2, 0) is 0 Å². The largest absolute Gasteiger partial charge is 0.367 e. The Kier molecular flexibility index (Phi) is 5.00. The van der Waals surface area contributed by atoms with Crippen LogP contribution >= 0.6 is 0 Å². The highest BCUT2D eigenvalue weighted by molar-refractivity contribution is 5.42. The maximum absolute atomic E-state index is 4.55. The first-order valence-corrected chi connectivity index (χ1v) is 7.57. The third-order valence-corrected chi connectivity index (χ3v) is 3.55. The van der Waals surface area contributed by atoms with E-state index in [1.165, 1.54) is 19.3 Å². The van der Waals surface area contributed by atoms with E-state index in [0.29, 0.717) is 6.04 Å². The van der Waals surface area contributed by atoms with Gasteiger partial charge in [-0.05, 0) is 32.1 Å². The molecule has 1 unspecified atom stereocenters. The molecule has 4 nitrogen and oxygen atoms in total. The summed E-state index contributed by atoms with van der Waals surface area (Å²) < 4.78 is 0. The molecule has 0 aromatic carbocycles. The van der Waals surface area contributed by atoms with Crippen LogP contribution in [0.3, 0.4) is 0 Å². The summed E-state index contributed by atoms with van der Waals surface area (Å²) >= 11 is 0. The fraction of sp³-hybridized carbons (Fsp3) is 0.733. The molecule has 1 aromatic rings. The second-order valence-electron chi connectivity index (χ2n) is 5.57. The Morgan fingerprint density at radius 2 is 2.11 bits per heavy atom. The Balaban J connectivity index is 1.98. The van der Waals surface area contributed by atoms with Crippen LogP contribution in [0.5, 0.6) is 0 Å². The Hall–Kier alpha value is -1.32. The number of hydrogen-bond acceptors (Lipinski definition) is 4. The molecule has 1 aliphatic carbocycles. The molecule has 1 heterocycles. The molecular formula is C15H26N4. The lowest BCUT2D eigenvalue weighted by molar-refractivity contribution is 0.585. The van der Waals surface area contributed by atoms with Gasteiger partial charge in [-0.1, -0.05) is 26.7 Å². The van der Waals surface area contributed by atoms with Gasteiger partial charge in [0.1, 0.15) is 5.82 Å². The van der Waals surface area contributed by atoms with E-state index in [-0.39, 0.29) is 0 Å². The number of hydrogen-bond donors (Lipinski definition) is 2. The van der Waals surface area contributed by atoms with Gasteiger partial charge in [0, 0.05) is 24.3 Å². The van der Waals surface area contributed by atoms with E-state index < -0.39 is 0 Å². The fourth-order valence-electron chi connectivity index (χ4n) is 2.25. The summed E-state index contributed by atoms with van der Waals surface area (Å²) in [7, 11) is 0. The molecular weight excluding hydrogens is 236 g/mol. The van der Waals surface area contributed by atoms with Gasteiger partial charge in [0.25, 0.3) is 0 Å². The monoisotopic (exact) mass is 262 g/mol. The Morgan fingerprint density at radius 3 is 2.74 bits per heavy atom. The average molecular weight is 262 g/mol. The van der Waals surface area contributed by atoms with Crippen LogP contribution in [0.15, 0.2) is 6.07 Å². The Morgan fingerprint density at radius 1 is 1.32 bits per heavy atom. The zero-order chi connectivity index (χ0) is 13.7. The third-order valence-electron chi connectivity index (χ3n) is 3.55. The van der Waals surface area contributed by atoms with Crippen molar-refractivity contribution < 1.29 is 0 Å². The molecule has 0 radical (unpaired) electrons. The van der Waals surface area contributed by atoms with Crippen LogP contribution in [0.25, 0.3) is 0 Å². The van der Waals surface area contributed by atoms with E-state index >= 15 is 0 Å². The average Bonchev–Trinajstić information content (AvgIpc) is 3.19. The number of aryl methyl sites for hydroxylation is 1. The van der Waals surface area contributed by atoms with Gasteiger partial charge in [0.15, 0.2) is 0 Å². The van der Waals surface area contributed by atoms with Crippen molar-refractivity contribution in [2.75, 3.05) is 17.2 Å². The number of rotatable bonds is 8. The topological polar surface area (TPSA) is 49.8 Å². The zero-order valence-electron chi connectivity index (χ0n) is 12.4. The predicted octanol–water partition coefficient (Wildman–Crippen LogP) is 3.60. The lowest BCUT2D eigenvalue weighted by atomic mass is 10.1. The summed E-state index contributed by atoms with van der Waals surface area (Å²) in [6.45, 7) is 7.32. The lowest BCUT2D eigenvalue weighted by Crippen LogP contribution is -2.20. The summed E-state index contributed by atoms with van der Waals surface area (Å²) in [6.07, 6.45) is 6.32. The van der Waals surface area contributed by atoms with Crippen LogP contribution < -0.4 is 10.6 Å². The molecule has 0 bridgehead atoms. The molecule has 0 amide bonds. The van der Waals surface area contributed by atoms with Crippen molar-refractivity contribution >= 4 is 11.8 Å². The van der Waals surface area contributed by atoms with Gasteiger partial charge in [0.2, 0.25) is 5.95 Å². The molecule has 0 spiro atoms. The van der Waals surface area contributed by atoms with Gasteiger partial charge in [-0.15, -0.1) is 0 Å². The van der Waals surface area contributed by atoms with Crippen LogP contribution in [0.2, 0.25) is 0 Å². The van der Waals surface area contributed by atoms with E-state index in [4.69, 9.17) is 0 Å². The molecule has 1 aromatic heterocycles. The predicted molar refractivity (Wildman–Crippen MR) is 80.6 cm³/mol. The van der Waals surface area contributed by atoms with Crippen LogP contribution in [0, 0.1) is 12.8 Å². The van der Waals surface area contributed by atoms with E-state index in [1.54, 1.807) is 0 Å². The van der Waals surface area contributed by atoms with Gasteiger partial charge in [-0.2, -0.15) is 4.98 Å². The number of aromatic nitrogens is 2. The zero-order valence-corrected chi connectivity index (χ0v) is 12.4. The summed E-state index contributed by atoms with van der Waals surface area (Å²) in [4.78, 5) is 8.97.